The number of rotatable bonds is 6. The van der Waals surface area contributed by atoms with Crippen LogP contribution in [0.25, 0.3) is 0 Å². The fourth-order valence-corrected chi connectivity index (χ4v) is 3.86. The fourth-order valence-electron chi connectivity index (χ4n) is 3.86. The van der Waals surface area contributed by atoms with E-state index in [4.69, 9.17) is 4.74 Å². The number of aliphatic hydroxyl groups excluding tert-OH is 1. The van der Waals surface area contributed by atoms with E-state index in [0.29, 0.717) is 36.7 Å². The maximum atomic E-state index is 12.2. The highest BCUT2D eigenvalue weighted by molar-refractivity contribution is 5.28. The Morgan fingerprint density at radius 1 is 1.27 bits per heavy atom. The molecule has 1 aromatic rings. The van der Waals surface area contributed by atoms with Crippen molar-refractivity contribution in [2.45, 2.75) is 43.8 Å². The Morgan fingerprint density at radius 2 is 2.04 bits per heavy atom. The van der Waals surface area contributed by atoms with Gasteiger partial charge in [0.1, 0.15) is 5.75 Å². The second kappa shape index (κ2) is 8.56. The minimum atomic E-state index is -4.71. The molecule has 1 aliphatic carbocycles. The molecule has 146 valence electrons. The zero-order chi connectivity index (χ0) is 18.6. The van der Waals surface area contributed by atoms with Gasteiger partial charge in [-0.05, 0) is 36.5 Å². The van der Waals surface area contributed by atoms with Gasteiger partial charge in [-0.25, -0.2) is 0 Å². The van der Waals surface area contributed by atoms with Crippen LogP contribution in [0.2, 0.25) is 0 Å². The zero-order valence-electron chi connectivity index (χ0n) is 14.5. The van der Waals surface area contributed by atoms with Crippen LogP contribution >= 0.6 is 0 Å². The number of benzene rings is 1. The van der Waals surface area contributed by atoms with Gasteiger partial charge in [0.05, 0.1) is 19.3 Å². The Hall–Kier alpha value is -1.35. The van der Waals surface area contributed by atoms with Crippen molar-refractivity contribution < 1.29 is 27.8 Å². The molecule has 4 atom stereocenters. The number of aliphatic hydroxyl groups is 1. The van der Waals surface area contributed by atoms with E-state index in [2.05, 4.69) is 15.4 Å². The highest BCUT2D eigenvalue weighted by atomic mass is 19.4. The smallest absolute Gasteiger partial charge is 0.406 e. The molecular weight excluding hydrogens is 349 g/mol. The molecule has 26 heavy (non-hydrogen) atoms. The van der Waals surface area contributed by atoms with Gasteiger partial charge in [0, 0.05) is 25.2 Å². The average molecular weight is 374 g/mol. The van der Waals surface area contributed by atoms with Crippen LogP contribution < -0.4 is 15.4 Å². The lowest BCUT2D eigenvalue weighted by molar-refractivity contribution is -0.274. The fraction of sp³-hybridized carbons (Fsp3) is 0.667. The zero-order valence-corrected chi connectivity index (χ0v) is 14.5. The molecule has 0 amide bonds. The normalized spacial score (nSPS) is 28.1. The summed E-state index contributed by atoms with van der Waals surface area (Å²) < 4.78 is 46.0. The molecule has 0 radical (unpaired) electrons. The summed E-state index contributed by atoms with van der Waals surface area (Å²) in [7, 11) is 0. The van der Waals surface area contributed by atoms with Crippen LogP contribution in [0.5, 0.6) is 5.75 Å². The lowest BCUT2D eigenvalue weighted by atomic mass is 9.93. The highest BCUT2D eigenvalue weighted by Gasteiger charge is 2.34. The second-order valence-corrected chi connectivity index (χ2v) is 6.88. The van der Waals surface area contributed by atoms with Gasteiger partial charge in [0.25, 0.3) is 0 Å². The minimum absolute atomic E-state index is 0.291. The van der Waals surface area contributed by atoms with Gasteiger partial charge in [-0.15, -0.1) is 13.2 Å². The first-order chi connectivity index (χ1) is 12.4. The maximum Gasteiger partial charge on any atom is 0.573 e. The van der Waals surface area contributed by atoms with Crippen molar-refractivity contribution in [3.8, 4) is 5.75 Å². The molecule has 3 rings (SSSR count). The summed E-state index contributed by atoms with van der Waals surface area (Å²) in [6.07, 6.45) is -2.19. The molecular formula is C18H25F3N2O3. The third-order valence-corrected chi connectivity index (χ3v) is 5.11. The molecule has 5 nitrogen and oxygen atoms in total. The van der Waals surface area contributed by atoms with E-state index in [0.717, 1.165) is 32.4 Å². The molecule has 1 saturated heterocycles. The Bertz CT molecular complexity index is 562. The third-order valence-electron chi connectivity index (χ3n) is 5.11. The molecule has 3 N–H and O–H groups in total. The van der Waals surface area contributed by atoms with Crippen LogP contribution in [-0.4, -0.2) is 49.9 Å². The molecule has 1 aliphatic heterocycles. The van der Waals surface area contributed by atoms with Crippen LogP contribution in [-0.2, 0) is 4.74 Å². The Labute approximate surface area is 150 Å². The van der Waals surface area contributed by atoms with E-state index in [-0.39, 0.29) is 5.75 Å². The molecule has 1 aromatic carbocycles. The number of halogens is 3. The lowest BCUT2D eigenvalue weighted by Crippen LogP contribution is -2.51. The first kappa shape index (κ1) is 19.4. The summed E-state index contributed by atoms with van der Waals surface area (Å²) in [5, 5.41) is 17.3. The lowest BCUT2D eigenvalue weighted by Gasteiger charge is -2.33. The molecule has 4 unspecified atom stereocenters. The summed E-state index contributed by atoms with van der Waals surface area (Å²) >= 11 is 0. The van der Waals surface area contributed by atoms with Gasteiger partial charge in [-0.3, -0.25) is 0 Å². The van der Waals surface area contributed by atoms with Crippen molar-refractivity contribution >= 4 is 0 Å². The van der Waals surface area contributed by atoms with Gasteiger partial charge in [0.15, 0.2) is 0 Å². The van der Waals surface area contributed by atoms with Crippen molar-refractivity contribution in [1.82, 2.24) is 10.6 Å². The minimum Gasteiger partial charge on any atom is -0.406 e. The van der Waals surface area contributed by atoms with Crippen LogP contribution in [0.1, 0.15) is 30.9 Å². The molecule has 2 aliphatic rings. The van der Waals surface area contributed by atoms with Crippen molar-refractivity contribution in [3.05, 3.63) is 29.8 Å². The summed E-state index contributed by atoms with van der Waals surface area (Å²) in [5.74, 6) is 0.172. The number of morpholine rings is 1. The van der Waals surface area contributed by atoms with Crippen LogP contribution in [0, 0.1) is 5.92 Å². The summed E-state index contributed by atoms with van der Waals surface area (Å²) in [6, 6.07) is 5.98. The van der Waals surface area contributed by atoms with E-state index in [1.807, 2.05) is 0 Å². The summed E-state index contributed by atoms with van der Waals surface area (Å²) in [6.45, 7) is 2.68. The standard InChI is InChI=1S/C18H25F3N2O3/c19-18(20,21)26-13-6-4-12(5-7-13)17(24)10-23-15-3-1-2-14(15)16-11-25-9-8-22-16/h4-7,14-17,22-24H,1-3,8-11H2. The van der Waals surface area contributed by atoms with Gasteiger partial charge in [-0.2, -0.15) is 0 Å². The van der Waals surface area contributed by atoms with Crippen molar-refractivity contribution in [2.24, 2.45) is 5.92 Å². The largest absolute Gasteiger partial charge is 0.573 e. The Morgan fingerprint density at radius 3 is 2.69 bits per heavy atom. The predicted octanol–water partition coefficient (Wildman–Crippen LogP) is 2.37. The van der Waals surface area contributed by atoms with Crippen LogP contribution in [0.4, 0.5) is 13.2 Å². The number of nitrogens with one attached hydrogen (secondary N) is 2. The maximum absolute atomic E-state index is 12.2. The van der Waals surface area contributed by atoms with E-state index < -0.39 is 12.5 Å². The summed E-state index contributed by atoms with van der Waals surface area (Å²) in [5.41, 5.74) is 0.556. The van der Waals surface area contributed by atoms with Crippen molar-refractivity contribution in [2.75, 3.05) is 26.3 Å². The van der Waals surface area contributed by atoms with Crippen LogP contribution in [0.3, 0.4) is 0 Å². The number of hydrogen-bond acceptors (Lipinski definition) is 5. The highest BCUT2D eigenvalue weighted by Crippen LogP contribution is 2.30. The third kappa shape index (κ3) is 5.33. The van der Waals surface area contributed by atoms with Crippen molar-refractivity contribution in [1.29, 1.82) is 0 Å². The monoisotopic (exact) mass is 374 g/mol. The van der Waals surface area contributed by atoms with E-state index in [1.165, 1.54) is 24.3 Å². The summed E-state index contributed by atoms with van der Waals surface area (Å²) in [4.78, 5) is 0. The molecule has 0 bridgehead atoms. The molecule has 0 aromatic heterocycles. The Kier molecular flexibility index (Phi) is 6.39. The van der Waals surface area contributed by atoms with Gasteiger partial charge in [0.2, 0.25) is 0 Å². The van der Waals surface area contributed by atoms with E-state index in [9.17, 15) is 18.3 Å². The molecule has 8 heteroatoms. The van der Waals surface area contributed by atoms with Gasteiger partial charge in [-0.1, -0.05) is 18.6 Å². The quantitative estimate of drug-likeness (QED) is 0.714. The Balaban J connectivity index is 1.50. The van der Waals surface area contributed by atoms with E-state index >= 15 is 0 Å². The van der Waals surface area contributed by atoms with E-state index in [1.54, 1.807) is 0 Å². The van der Waals surface area contributed by atoms with Gasteiger partial charge >= 0.3 is 6.36 Å². The molecule has 1 heterocycles. The SMILES string of the molecule is OC(CNC1CCCC1C1COCCN1)c1ccc(OC(F)(F)F)cc1. The molecule has 2 fully saturated rings. The number of alkyl halides is 3. The van der Waals surface area contributed by atoms with Gasteiger partial charge < -0.3 is 25.2 Å². The molecule has 0 spiro atoms. The van der Waals surface area contributed by atoms with Crippen molar-refractivity contribution in [3.63, 3.8) is 0 Å². The molecule has 1 saturated carbocycles. The second-order valence-electron chi connectivity index (χ2n) is 6.88. The first-order valence-electron chi connectivity index (χ1n) is 9.00. The number of ether oxygens (including phenoxy) is 2. The average Bonchev–Trinajstić information content (AvgIpc) is 3.08. The number of hydrogen-bond donors (Lipinski definition) is 3. The predicted molar refractivity (Wildman–Crippen MR) is 89.8 cm³/mol. The van der Waals surface area contributed by atoms with Crippen LogP contribution in [0.15, 0.2) is 24.3 Å². The topological polar surface area (TPSA) is 62.8 Å². The first-order valence-corrected chi connectivity index (χ1v) is 9.00.